The lowest BCUT2D eigenvalue weighted by molar-refractivity contribution is 0.208. The van der Waals surface area contributed by atoms with Crippen LogP contribution in [0.2, 0.25) is 0 Å². The Hall–Kier alpha value is -2.02. The number of amides is 2. The molecule has 7 heteroatoms. The van der Waals surface area contributed by atoms with Gasteiger partial charge < -0.3 is 9.80 Å². The van der Waals surface area contributed by atoms with Crippen LogP contribution in [0.3, 0.4) is 0 Å². The van der Waals surface area contributed by atoms with Crippen LogP contribution in [0.15, 0.2) is 23.6 Å². The van der Waals surface area contributed by atoms with Crippen LogP contribution in [-0.2, 0) is 13.5 Å². The molecule has 0 spiro atoms. The van der Waals surface area contributed by atoms with Crippen LogP contribution in [0.5, 0.6) is 0 Å². The predicted octanol–water partition coefficient (Wildman–Crippen LogP) is 2.40. The molecule has 2 aromatic heterocycles. The first kappa shape index (κ1) is 14.9. The van der Waals surface area contributed by atoms with Crippen molar-refractivity contribution >= 4 is 28.2 Å². The number of thiophene rings is 1. The zero-order valence-corrected chi connectivity index (χ0v) is 13.8. The third-order valence-corrected chi connectivity index (χ3v) is 4.84. The molecule has 0 aromatic carbocycles. The second-order valence-electron chi connectivity index (χ2n) is 5.35. The van der Waals surface area contributed by atoms with Gasteiger partial charge in [0.2, 0.25) is 0 Å². The average Bonchev–Trinajstić information content (AvgIpc) is 3.18. The summed E-state index contributed by atoms with van der Waals surface area (Å²) in [7, 11) is 1.85. The maximum absolute atomic E-state index is 12.4. The Morgan fingerprint density at radius 2 is 2.14 bits per heavy atom. The summed E-state index contributed by atoms with van der Waals surface area (Å²) in [6.07, 6.45) is 0.864. The quantitative estimate of drug-likeness (QED) is 0.945. The highest BCUT2D eigenvalue weighted by Crippen LogP contribution is 2.22. The first-order valence-corrected chi connectivity index (χ1v) is 8.42. The molecule has 22 heavy (non-hydrogen) atoms. The molecule has 0 radical (unpaired) electrons. The smallest absolute Gasteiger partial charge is 0.323 e. The molecule has 1 aliphatic heterocycles. The predicted molar refractivity (Wildman–Crippen MR) is 89.7 cm³/mol. The van der Waals surface area contributed by atoms with Gasteiger partial charge in [-0.25, -0.2) is 4.79 Å². The molecule has 1 fully saturated rings. The van der Waals surface area contributed by atoms with Gasteiger partial charge in [0.05, 0.1) is 10.7 Å². The SMILES string of the molecule is CCc1cc(NC(=O)N2CCN(c3cccs3)CC2)n(C)n1. The van der Waals surface area contributed by atoms with E-state index in [4.69, 9.17) is 0 Å². The zero-order valence-electron chi connectivity index (χ0n) is 13.0. The molecular formula is C15H21N5OS. The highest BCUT2D eigenvalue weighted by Gasteiger charge is 2.22. The van der Waals surface area contributed by atoms with Crippen LogP contribution in [0.25, 0.3) is 0 Å². The summed E-state index contributed by atoms with van der Waals surface area (Å²) in [4.78, 5) is 16.6. The van der Waals surface area contributed by atoms with E-state index >= 15 is 0 Å². The van der Waals surface area contributed by atoms with E-state index in [1.165, 1.54) is 5.00 Å². The standard InChI is InChI=1S/C15H21N5OS/c1-3-12-11-13(18(2)17-12)16-15(21)20-8-6-19(7-9-20)14-5-4-10-22-14/h4-5,10-11H,3,6-9H2,1-2H3,(H,16,21). The molecule has 0 bridgehead atoms. The van der Waals surface area contributed by atoms with Crippen LogP contribution in [0, 0.1) is 0 Å². The Morgan fingerprint density at radius 1 is 1.36 bits per heavy atom. The lowest BCUT2D eigenvalue weighted by Gasteiger charge is -2.35. The second kappa shape index (κ2) is 6.39. The molecule has 0 unspecified atom stereocenters. The number of aryl methyl sites for hydroxylation is 2. The number of nitrogens with one attached hydrogen (secondary N) is 1. The summed E-state index contributed by atoms with van der Waals surface area (Å²) in [6.45, 7) is 5.28. The number of rotatable bonds is 3. The van der Waals surface area contributed by atoms with Crippen LogP contribution >= 0.6 is 11.3 Å². The Kier molecular flexibility index (Phi) is 4.33. The summed E-state index contributed by atoms with van der Waals surface area (Å²) in [5.74, 6) is 0.752. The minimum absolute atomic E-state index is 0.0449. The molecule has 118 valence electrons. The van der Waals surface area contributed by atoms with Gasteiger partial charge in [0, 0.05) is 39.3 Å². The maximum atomic E-state index is 12.4. The van der Waals surface area contributed by atoms with Crippen molar-refractivity contribution < 1.29 is 4.79 Å². The lowest BCUT2D eigenvalue weighted by Crippen LogP contribution is -2.50. The summed E-state index contributed by atoms with van der Waals surface area (Å²) < 4.78 is 1.72. The molecule has 3 heterocycles. The fraction of sp³-hybridized carbons (Fsp3) is 0.467. The van der Waals surface area contributed by atoms with Gasteiger partial charge in [-0.3, -0.25) is 10.00 Å². The van der Waals surface area contributed by atoms with Crippen molar-refractivity contribution in [1.29, 1.82) is 0 Å². The maximum Gasteiger partial charge on any atom is 0.323 e. The number of urea groups is 1. The first-order chi connectivity index (χ1) is 10.7. The van der Waals surface area contributed by atoms with E-state index in [0.29, 0.717) is 0 Å². The zero-order chi connectivity index (χ0) is 15.5. The minimum Gasteiger partial charge on any atom is -0.360 e. The number of nitrogens with zero attached hydrogens (tertiary/aromatic N) is 4. The molecule has 6 nitrogen and oxygen atoms in total. The fourth-order valence-electron chi connectivity index (χ4n) is 2.58. The normalized spacial score (nSPS) is 15.2. The number of hydrogen-bond acceptors (Lipinski definition) is 4. The first-order valence-electron chi connectivity index (χ1n) is 7.54. The lowest BCUT2D eigenvalue weighted by atomic mass is 10.3. The third kappa shape index (κ3) is 3.09. The van der Waals surface area contributed by atoms with Gasteiger partial charge in [-0.05, 0) is 23.9 Å². The monoisotopic (exact) mass is 319 g/mol. The summed E-state index contributed by atoms with van der Waals surface area (Å²) in [6, 6.07) is 6.08. The van der Waals surface area contributed by atoms with Crippen molar-refractivity contribution in [3.63, 3.8) is 0 Å². The third-order valence-electron chi connectivity index (χ3n) is 3.91. The highest BCUT2D eigenvalue weighted by molar-refractivity contribution is 7.14. The molecule has 2 amide bonds. The topological polar surface area (TPSA) is 53.4 Å². The van der Waals surface area contributed by atoms with Crippen molar-refractivity contribution in [3.8, 4) is 0 Å². The highest BCUT2D eigenvalue weighted by atomic mass is 32.1. The molecular weight excluding hydrogens is 298 g/mol. The molecule has 0 aliphatic carbocycles. The summed E-state index contributed by atoms with van der Waals surface area (Å²) >= 11 is 1.74. The molecule has 2 aromatic rings. The molecule has 1 aliphatic rings. The number of aromatic nitrogens is 2. The van der Waals surface area contributed by atoms with E-state index in [1.807, 2.05) is 18.0 Å². The van der Waals surface area contributed by atoms with Gasteiger partial charge in [0.25, 0.3) is 0 Å². The van der Waals surface area contributed by atoms with Gasteiger partial charge >= 0.3 is 6.03 Å². The van der Waals surface area contributed by atoms with Crippen LogP contribution in [0.1, 0.15) is 12.6 Å². The molecule has 3 rings (SSSR count). The largest absolute Gasteiger partial charge is 0.360 e. The molecule has 0 saturated carbocycles. The number of piperazine rings is 1. The van der Waals surface area contributed by atoms with E-state index < -0.39 is 0 Å². The Balaban J connectivity index is 1.56. The summed E-state index contributed by atoms with van der Waals surface area (Å²) in [5.41, 5.74) is 0.986. The average molecular weight is 319 g/mol. The minimum atomic E-state index is -0.0449. The van der Waals surface area contributed by atoms with E-state index in [9.17, 15) is 4.79 Å². The number of carbonyl (C=O) groups is 1. The fourth-order valence-corrected chi connectivity index (χ4v) is 3.37. The molecule has 1 saturated heterocycles. The Bertz CT molecular complexity index is 628. The van der Waals surface area contributed by atoms with Crippen LogP contribution < -0.4 is 10.2 Å². The van der Waals surface area contributed by atoms with Crippen LogP contribution in [0.4, 0.5) is 15.6 Å². The number of anilines is 2. The van der Waals surface area contributed by atoms with Gasteiger partial charge in [-0.15, -0.1) is 11.3 Å². The Morgan fingerprint density at radius 3 is 2.73 bits per heavy atom. The van der Waals surface area contributed by atoms with Crippen molar-refractivity contribution in [1.82, 2.24) is 14.7 Å². The van der Waals surface area contributed by atoms with E-state index in [-0.39, 0.29) is 6.03 Å². The van der Waals surface area contributed by atoms with Gasteiger partial charge in [0.15, 0.2) is 0 Å². The van der Waals surface area contributed by atoms with E-state index in [0.717, 1.165) is 44.1 Å². The number of hydrogen-bond donors (Lipinski definition) is 1. The van der Waals surface area contributed by atoms with Crippen molar-refractivity contribution in [2.24, 2.45) is 7.05 Å². The van der Waals surface area contributed by atoms with E-state index in [1.54, 1.807) is 16.0 Å². The van der Waals surface area contributed by atoms with Gasteiger partial charge in [0.1, 0.15) is 5.82 Å². The van der Waals surface area contributed by atoms with Gasteiger partial charge in [-0.2, -0.15) is 5.10 Å². The van der Waals surface area contributed by atoms with Crippen molar-refractivity contribution in [3.05, 3.63) is 29.3 Å². The molecule has 1 N–H and O–H groups in total. The molecule has 0 atom stereocenters. The van der Waals surface area contributed by atoms with Crippen molar-refractivity contribution in [2.45, 2.75) is 13.3 Å². The van der Waals surface area contributed by atoms with Crippen molar-refractivity contribution in [2.75, 3.05) is 36.4 Å². The second-order valence-corrected chi connectivity index (χ2v) is 6.28. The Labute approximate surface area is 134 Å². The summed E-state index contributed by atoms with van der Waals surface area (Å²) in [5, 5.41) is 10.7. The van der Waals surface area contributed by atoms with Gasteiger partial charge in [-0.1, -0.05) is 6.92 Å². The van der Waals surface area contributed by atoms with E-state index in [2.05, 4.69) is 39.8 Å². The number of carbonyl (C=O) groups excluding carboxylic acids is 1. The van der Waals surface area contributed by atoms with Crippen LogP contribution in [-0.4, -0.2) is 46.9 Å².